The van der Waals surface area contributed by atoms with Gasteiger partial charge in [-0.25, -0.2) is 0 Å². The third-order valence-corrected chi connectivity index (χ3v) is 3.63. The van der Waals surface area contributed by atoms with E-state index in [0.717, 1.165) is 25.7 Å². The van der Waals surface area contributed by atoms with E-state index in [9.17, 15) is 5.11 Å². The number of hydrogen-bond donors (Lipinski definition) is 1. The Kier molecular flexibility index (Phi) is 3.72. The second-order valence-corrected chi connectivity index (χ2v) is 4.84. The topological polar surface area (TPSA) is 29.5 Å². The van der Waals surface area contributed by atoms with Crippen molar-refractivity contribution in [3.63, 3.8) is 0 Å². The van der Waals surface area contributed by atoms with Crippen molar-refractivity contribution in [1.82, 2.24) is 0 Å². The highest BCUT2D eigenvalue weighted by molar-refractivity contribution is 6.32. The monoisotopic (exact) mass is 240 g/mol. The lowest BCUT2D eigenvalue weighted by molar-refractivity contribution is 0.132. The van der Waals surface area contributed by atoms with Gasteiger partial charge in [0.15, 0.2) is 0 Å². The summed E-state index contributed by atoms with van der Waals surface area (Å²) in [6.07, 6.45) is 3.96. The molecule has 0 radical (unpaired) electrons. The van der Waals surface area contributed by atoms with Crippen molar-refractivity contribution in [3.05, 3.63) is 28.8 Å². The molecule has 88 valence electrons. The highest BCUT2D eigenvalue weighted by atomic mass is 35.5. The predicted octanol–water partition coefficient (Wildman–Crippen LogP) is 3.05. The molecule has 0 amide bonds. The summed E-state index contributed by atoms with van der Waals surface area (Å²) in [4.78, 5) is 0. The molecule has 1 N–H and O–H groups in total. The lowest BCUT2D eigenvalue weighted by atomic mass is 9.96. The van der Waals surface area contributed by atoms with Crippen LogP contribution in [0.3, 0.4) is 0 Å². The third kappa shape index (κ3) is 2.50. The fraction of sp³-hybridized carbons (Fsp3) is 0.538. The first kappa shape index (κ1) is 11.7. The van der Waals surface area contributed by atoms with Gasteiger partial charge in [0.05, 0.1) is 18.2 Å². The van der Waals surface area contributed by atoms with Gasteiger partial charge in [0.25, 0.3) is 0 Å². The first-order chi connectivity index (χ1) is 7.70. The number of benzene rings is 1. The molecule has 0 aliphatic heterocycles. The molecule has 0 heterocycles. The zero-order valence-corrected chi connectivity index (χ0v) is 10.2. The lowest BCUT2D eigenvalue weighted by Crippen LogP contribution is -2.15. The molecule has 0 spiro atoms. The van der Waals surface area contributed by atoms with Crippen molar-refractivity contribution in [1.29, 1.82) is 0 Å². The first-order valence-corrected chi connectivity index (χ1v) is 6.09. The van der Waals surface area contributed by atoms with Gasteiger partial charge in [0.2, 0.25) is 0 Å². The van der Waals surface area contributed by atoms with Gasteiger partial charge >= 0.3 is 0 Å². The van der Waals surface area contributed by atoms with Gasteiger partial charge in [0, 0.05) is 0 Å². The molecule has 2 unspecified atom stereocenters. The van der Waals surface area contributed by atoms with Gasteiger partial charge in [0.1, 0.15) is 5.75 Å². The van der Waals surface area contributed by atoms with Gasteiger partial charge in [-0.1, -0.05) is 24.1 Å². The minimum absolute atomic E-state index is 0.138. The number of ether oxygens (including phenoxy) is 1. The number of halogens is 1. The summed E-state index contributed by atoms with van der Waals surface area (Å²) in [6, 6.07) is 5.85. The van der Waals surface area contributed by atoms with Crippen molar-refractivity contribution < 1.29 is 9.84 Å². The van der Waals surface area contributed by atoms with E-state index < -0.39 is 0 Å². The lowest BCUT2D eigenvalue weighted by Gasteiger charge is -2.14. The summed E-state index contributed by atoms with van der Waals surface area (Å²) in [6.45, 7) is 0. The van der Waals surface area contributed by atoms with Crippen LogP contribution in [0.2, 0.25) is 5.02 Å². The van der Waals surface area contributed by atoms with E-state index in [1.54, 1.807) is 7.11 Å². The Morgan fingerprint density at radius 2 is 2.25 bits per heavy atom. The summed E-state index contributed by atoms with van der Waals surface area (Å²) in [7, 11) is 1.61. The SMILES string of the molecule is COc1ccc(CC2CCCC2O)cc1Cl. The van der Waals surface area contributed by atoms with Crippen LogP contribution >= 0.6 is 11.6 Å². The minimum Gasteiger partial charge on any atom is -0.495 e. The van der Waals surface area contributed by atoms with Gasteiger partial charge in [-0.2, -0.15) is 0 Å². The van der Waals surface area contributed by atoms with Crippen LogP contribution in [0.5, 0.6) is 5.75 Å². The Morgan fingerprint density at radius 1 is 1.44 bits per heavy atom. The van der Waals surface area contributed by atoms with Crippen molar-refractivity contribution >= 4 is 11.6 Å². The van der Waals surface area contributed by atoms with Crippen LogP contribution in [-0.4, -0.2) is 18.3 Å². The van der Waals surface area contributed by atoms with Crippen molar-refractivity contribution in [3.8, 4) is 5.75 Å². The Hall–Kier alpha value is -0.730. The zero-order valence-electron chi connectivity index (χ0n) is 9.45. The quantitative estimate of drug-likeness (QED) is 0.880. The smallest absolute Gasteiger partial charge is 0.137 e. The average molecular weight is 241 g/mol. The van der Waals surface area contributed by atoms with E-state index in [4.69, 9.17) is 16.3 Å². The van der Waals surface area contributed by atoms with Gasteiger partial charge in [-0.15, -0.1) is 0 Å². The minimum atomic E-state index is -0.138. The van der Waals surface area contributed by atoms with Crippen molar-refractivity contribution in [2.75, 3.05) is 7.11 Å². The maximum absolute atomic E-state index is 9.76. The molecule has 1 aliphatic carbocycles. The van der Waals surface area contributed by atoms with E-state index in [0.29, 0.717) is 16.7 Å². The van der Waals surface area contributed by atoms with Crippen molar-refractivity contribution in [2.45, 2.75) is 31.8 Å². The van der Waals surface area contributed by atoms with Gasteiger partial charge < -0.3 is 9.84 Å². The molecule has 1 aromatic rings. The van der Waals surface area contributed by atoms with Crippen molar-refractivity contribution in [2.24, 2.45) is 5.92 Å². The van der Waals surface area contributed by atoms with E-state index in [-0.39, 0.29) is 6.10 Å². The van der Waals surface area contributed by atoms with Gasteiger partial charge in [-0.05, 0) is 42.9 Å². The van der Waals surface area contributed by atoms with Crippen LogP contribution < -0.4 is 4.74 Å². The number of methoxy groups -OCH3 is 1. The summed E-state index contributed by atoms with van der Waals surface area (Å²) in [5.41, 5.74) is 1.18. The molecule has 2 atom stereocenters. The van der Waals surface area contributed by atoms with E-state index in [2.05, 4.69) is 0 Å². The molecule has 3 heteroatoms. The summed E-state index contributed by atoms with van der Waals surface area (Å²) in [5, 5.41) is 10.4. The summed E-state index contributed by atoms with van der Waals surface area (Å²) >= 11 is 6.06. The molecule has 16 heavy (non-hydrogen) atoms. The molecule has 0 saturated heterocycles. The number of rotatable bonds is 3. The Bertz CT molecular complexity index is 365. The molecule has 1 aromatic carbocycles. The first-order valence-electron chi connectivity index (χ1n) is 5.71. The van der Waals surface area contributed by atoms with Crippen LogP contribution in [0.4, 0.5) is 0 Å². The molecule has 1 fully saturated rings. The predicted molar refractivity (Wildman–Crippen MR) is 65.1 cm³/mol. The largest absolute Gasteiger partial charge is 0.495 e. The molecule has 0 bridgehead atoms. The Morgan fingerprint density at radius 3 is 2.81 bits per heavy atom. The molecular formula is C13H17ClO2. The molecule has 1 saturated carbocycles. The standard InChI is InChI=1S/C13H17ClO2/c1-16-13-6-5-9(8-11(13)14)7-10-3-2-4-12(10)15/h5-6,8,10,12,15H,2-4,7H2,1H3. The van der Waals surface area contributed by atoms with Crippen LogP contribution in [-0.2, 0) is 6.42 Å². The van der Waals surface area contributed by atoms with E-state index in [1.807, 2.05) is 18.2 Å². The number of aliphatic hydroxyl groups excluding tert-OH is 1. The average Bonchev–Trinajstić information content (AvgIpc) is 2.65. The maximum Gasteiger partial charge on any atom is 0.137 e. The molecule has 0 aromatic heterocycles. The Labute approximate surface area is 101 Å². The van der Waals surface area contributed by atoms with E-state index in [1.165, 1.54) is 5.56 Å². The normalized spacial score (nSPS) is 24.7. The van der Waals surface area contributed by atoms with Gasteiger partial charge in [-0.3, -0.25) is 0 Å². The summed E-state index contributed by atoms with van der Waals surface area (Å²) in [5.74, 6) is 1.10. The fourth-order valence-electron chi connectivity index (χ4n) is 2.39. The molecule has 1 aliphatic rings. The Balaban J connectivity index is 2.07. The third-order valence-electron chi connectivity index (χ3n) is 3.33. The molecular weight excluding hydrogens is 224 g/mol. The van der Waals surface area contributed by atoms with Crippen LogP contribution in [0.15, 0.2) is 18.2 Å². The highest BCUT2D eigenvalue weighted by Gasteiger charge is 2.25. The molecule has 2 rings (SSSR count). The number of aliphatic hydroxyl groups is 1. The fourth-order valence-corrected chi connectivity index (χ4v) is 2.68. The molecule has 2 nitrogen and oxygen atoms in total. The van der Waals surface area contributed by atoms with Crippen LogP contribution in [0.25, 0.3) is 0 Å². The maximum atomic E-state index is 9.76. The van der Waals surface area contributed by atoms with E-state index >= 15 is 0 Å². The second kappa shape index (κ2) is 5.07. The highest BCUT2D eigenvalue weighted by Crippen LogP contribution is 2.31. The summed E-state index contributed by atoms with van der Waals surface area (Å²) < 4.78 is 5.11. The van der Waals surface area contributed by atoms with Crippen LogP contribution in [0.1, 0.15) is 24.8 Å². The van der Waals surface area contributed by atoms with Crippen LogP contribution in [0, 0.1) is 5.92 Å². The number of hydrogen-bond acceptors (Lipinski definition) is 2. The zero-order chi connectivity index (χ0) is 11.5. The second-order valence-electron chi connectivity index (χ2n) is 4.43.